The van der Waals surface area contributed by atoms with Crippen molar-refractivity contribution in [1.29, 1.82) is 0 Å². The molecule has 2 aromatic carbocycles. The molecule has 2 amide bonds. The van der Waals surface area contributed by atoms with E-state index >= 15 is 0 Å². The van der Waals surface area contributed by atoms with Crippen LogP contribution in [0.15, 0.2) is 48.5 Å². The molecule has 2 aliphatic rings. The number of fused-ring (bicyclic) bond motifs is 3. The van der Waals surface area contributed by atoms with Gasteiger partial charge in [0, 0.05) is 18.4 Å². The molecule has 2 aromatic rings. The Hall–Kier alpha value is -3.39. The number of aliphatic hydroxyl groups excluding tert-OH is 1. The zero-order chi connectivity index (χ0) is 23.4. The van der Waals surface area contributed by atoms with Crippen molar-refractivity contribution in [3.63, 3.8) is 0 Å². The minimum Gasteiger partial charge on any atom is -0.479 e. The van der Waals surface area contributed by atoms with E-state index in [-0.39, 0.29) is 31.4 Å². The van der Waals surface area contributed by atoms with Crippen molar-refractivity contribution in [1.82, 2.24) is 10.6 Å². The van der Waals surface area contributed by atoms with Crippen molar-refractivity contribution in [2.75, 3.05) is 13.2 Å². The molecule has 2 unspecified atom stereocenters. The van der Waals surface area contributed by atoms with Gasteiger partial charge in [-0.25, -0.2) is 9.59 Å². The first-order chi connectivity index (χ1) is 15.9. The molecule has 33 heavy (non-hydrogen) atoms. The standard InChI is InChI=1S/C25H28N2O6/c28-22(24(30)31)13-26-23(29)12-21(15-6-5-7-15)27-25(32)33-14-20-18-10-3-1-8-16(18)17-9-2-4-11-19(17)20/h1-4,8-11,15,20-22,28H,5-7,12-14H2,(H,26,29)(H,27,32)(H,30,31). The van der Waals surface area contributed by atoms with E-state index in [9.17, 15) is 19.5 Å². The maximum atomic E-state index is 12.6. The van der Waals surface area contributed by atoms with Crippen molar-refractivity contribution < 1.29 is 29.3 Å². The molecular weight excluding hydrogens is 424 g/mol. The van der Waals surface area contributed by atoms with Crippen molar-refractivity contribution in [3.05, 3.63) is 59.7 Å². The quantitative estimate of drug-likeness (QED) is 0.464. The number of carbonyl (C=O) groups excluding carboxylic acids is 2. The number of rotatable bonds is 9. The molecular formula is C25H28N2O6. The fourth-order valence-electron chi connectivity index (χ4n) is 4.54. The van der Waals surface area contributed by atoms with E-state index in [2.05, 4.69) is 22.8 Å². The highest BCUT2D eigenvalue weighted by atomic mass is 16.5. The summed E-state index contributed by atoms with van der Waals surface area (Å²) in [5.74, 6) is -1.71. The summed E-state index contributed by atoms with van der Waals surface area (Å²) in [5.41, 5.74) is 4.54. The number of alkyl carbamates (subject to hydrolysis) is 1. The summed E-state index contributed by atoms with van der Waals surface area (Å²) in [6.45, 7) is -0.190. The predicted molar refractivity (Wildman–Crippen MR) is 121 cm³/mol. The molecule has 8 nitrogen and oxygen atoms in total. The van der Waals surface area contributed by atoms with Gasteiger partial charge in [0.05, 0.1) is 6.54 Å². The molecule has 0 aromatic heterocycles. The second-order valence-electron chi connectivity index (χ2n) is 8.63. The van der Waals surface area contributed by atoms with E-state index in [0.29, 0.717) is 0 Å². The van der Waals surface area contributed by atoms with Gasteiger partial charge in [-0.3, -0.25) is 4.79 Å². The van der Waals surface area contributed by atoms with Gasteiger partial charge in [-0.15, -0.1) is 0 Å². The Kier molecular flexibility index (Phi) is 6.93. The van der Waals surface area contributed by atoms with Gasteiger partial charge in [0.2, 0.25) is 5.91 Å². The van der Waals surface area contributed by atoms with Gasteiger partial charge in [-0.05, 0) is 41.0 Å². The Bertz CT molecular complexity index is 990. The molecule has 0 spiro atoms. The molecule has 1 saturated carbocycles. The van der Waals surface area contributed by atoms with Gasteiger partial charge in [0.15, 0.2) is 6.10 Å². The molecule has 0 saturated heterocycles. The van der Waals surface area contributed by atoms with Crippen LogP contribution in [-0.4, -0.2) is 53.5 Å². The van der Waals surface area contributed by atoms with Crippen LogP contribution in [0.5, 0.6) is 0 Å². The zero-order valence-electron chi connectivity index (χ0n) is 18.2. The van der Waals surface area contributed by atoms with Crippen LogP contribution in [0.2, 0.25) is 0 Å². The number of benzene rings is 2. The summed E-state index contributed by atoms with van der Waals surface area (Å²) in [5, 5.41) is 23.3. The second kappa shape index (κ2) is 10.0. The summed E-state index contributed by atoms with van der Waals surface area (Å²) < 4.78 is 5.60. The Morgan fingerprint density at radius 1 is 1.00 bits per heavy atom. The highest BCUT2D eigenvalue weighted by molar-refractivity contribution is 5.80. The van der Waals surface area contributed by atoms with E-state index in [1.54, 1.807) is 0 Å². The Balaban J connectivity index is 1.35. The maximum absolute atomic E-state index is 12.6. The van der Waals surface area contributed by atoms with E-state index in [1.165, 1.54) is 0 Å². The fraction of sp³-hybridized carbons (Fsp3) is 0.400. The Labute approximate surface area is 192 Å². The van der Waals surface area contributed by atoms with Gasteiger partial charge in [-0.1, -0.05) is 55.0 Å². The van der Waals surface area contributed by atoms with E-state index in [4.69, 9.17) is 9.84 Å². The van der Waals surface area contributed by atoms with E-state index in [0.717, 1.165) is 41.5 Å². The van der Waals surface area contributed by atoms with Crippen molar-refractivity contribution in [3.8, 4) is 11.1 Å². The third-order valence-corrected chi connectivity index (χ3v) is 6.55. The minimum absolute atomic E-state index is 0.00119. The molecule has 2 atom stereocenters. The fourth-order valence-corrected chi connectivity index (χ4v) is 4.54. The monoisotopic (exact) mass is 452 g/mol. The molecule has 1 fully saturated rings. The number of carboxylic acids is 1. The average molecular weight is 453 g/mol. The zero-order valence-corrected chi connectivity index (χ0v) is 18.2. The molecule has 4 N–H and O–H groups in total. The number of amides is 2. The van der Waals surface area contributed by atoms with Crippen LogP contribution in [0.25, 0.3) is 11.1 Å². The predicted octanol–water partition coefficient (Wildman–Crippen LogP) is 2.65. The molecule has 2 aliphatic carbocycles. The smallest absolute Gasteiger partial charge is 0.407 e. The summed E-state index contributed by atoms with van der Waals surface area (Å²) >= 11 is 0. The first-order valence-electron chi connectivity index (χ1n) is 11.2. The van der Waals surface area contributed by atoms with Crippen LogP contribution in [0.3, 0.4) is 0 Å². The lowest BCUT2D eigenvalue weighted by molar-refractivity contribution is -0.146. The van der Waals surface area contributed by atoms with Crippen LogP contribution >= 0.6 is 0 Å². The van der Waals surface area contributed by atoms with Crippen molar-refractivity contribution in [2.45, 2.75) is 43.7 Å². The van der Waals surface area contributed by atoms with Crippen molar-refractivity contribution >= 4 is 18.0 Å². The van der Waals surface area contributed by atoms with E-state index < -0.39 is 30.1 Å². The van der Waals surface area contributed by atoms with Crippen molar-refractivity contribution in [2.24, 2.45) is 5.92 Å². The summed E-state index contributed by atoms with van der Waals surface area (Å²) in [4.78, 5) is 35.6. The molecule has 4 rings (SSSR count). The minimum atomic E-state index is -1.66. The molecule has 0 radical (unpaired) electrons. The first-order valence-corrected chi connectivity index (χ1v) is 11.2. The average Bonchev–Trinajstić information content (AvgIpc) is 3.08. The van der Waals surface area contributed by atoms with Gasteiger partial charge >= 0.3 is 12.1 Å². The SMILES string of the molecule is O=C(CC(NC(=O)OCC1c2ccccc2-c2ccccc21)C1CCC1)NCC(O)C(=O)O. The van der Waals surface area contributed by atoms with E-state index in [1.807, 2.05) is 36.4 Å². The highest BCUT2D eigenvalue weighted by Gasteiger charge is 2.32. The molecule has 0 bridgehead atoms. The van der Waals surface area contributed by atoms with Crippen LogP contribution in [0.1, 0.15) is 42.7 Å². The van der Waals surface area contributed by atoms with Gasteiger partial charge < -0.3 is 25.6 Å². The second-order valence-corrected chi connectivity index (χ2v) is 8.63. The summed E-state index contributed by atoms with van der Waals surface area (Å²) in [7, 11) is 0. The lowest BCUT2D eigenvalue weighted by atomic mass is 9.78. The maximum Gasteiger partial charge on any atom is 0.407 e. The lowest BCUT2D eigenvalue weighted by Crippen LogP contribution is -2.47. The third-order valence-electron chi connectivity index (χ3n) is 6.55. The number of carboxylic acid groups (broad SMARTS) is 1. The first kappa shape index (κ1) is 22.8. The van der Waals surface area contributed by atoms with Crippen LogP contribution in [0, 0.1) is 5.92 Å². The topological polar surface area (TPSA) is 125 Å². The number of hydrogen-bond donors (Lipinski definition) is 4. The van der Waals surface area contributed by atoms with Crippen LogP contribution in [0.4, 0.5) is 4.79 Å². The number of nitrogens with one attached hydrogen (secondary N) is 2. The van der Waals surface area contributed by atoms with Gasteiger partial charge in [0.1, 0.15) is 6.61 Å². The van der Waals surface area contributed by atoms with Crippen LogP contribution < -0.4 is 10.6 Å². The van der Waals surface area contributed by atoms with Crippen LogP contribution in [-0.2, 0) is 14.3 Å². The molecule has 8 heteroatoms. The molecule has 174 valence electrons. The number of carbonyl (C=O) groups is 3. The lowest BCUT2D eigenvalue weighted by Gasteiger charge is -2.33. The number of hydrogen-bond acceptors (Lipinski definition) is 5. The van der Waals surface area contributed by atoms with Gasteiger partial charge in [-0.2, -0.15) is 0 Å². The molecule has 0 heterocycles. The Morgan fingerprint density at radius 2 is 1.61 bits per heavy atom. The summed E-state index contributed by atoms with van der Waals surface area (Å²) in [6, 6.07) is 15.8. The molecule has 0 aliphatic heterocycles. The summed E-state index contributed by atoms with van der Waals surface area (Å²) in [6.07, 6.45) is 0.602. The largest absolute Gasteiger partial charge is 0.479 e. The number of aliphatic carboxylic acids is 1. The van der Waals surface area contributed by atoms with Gasteiger partial charge in [0.25, 0.3) is 0 Å². The Morgan fingerprint density at radius 3 is 2.15 bits per heavy atom. The normalized spacial score (nSPS) is 16.6. The third kappa shape index (κ3) is 5.17. The number of ether oxygens (including phenoxy) is 1. The number of aliphatic hydroxyl groups is 1. The highest BCUT2D eigenvalue weighted by Crippen LogP contribution is 2.44.